The molecular weight excluding hydrogens is 272 g/mol. The molecule has 1 aliphatic heterocycles. The van der Waals surface area contributed by atoms with Crippen molar-refractivity contribution in [3.05, 3.63) is 33.4 Å². The molecule has 0 aliphatic carbocycles. The molecule has 0 fully saturated rings. The van der Waals surface area contributed by atoms with Crippen LogP contribution in [-0.4, -0.2) is 30.9 Å². The van der Waals surface area contributed by atoms with Gasteiger partial charge in [0.15, 0.2) is 0 Å². The molecule has 0 saturated heterocycles. The number of rotatable bonds is 4. The number of methoxy groups -OCH3 is 1. The van der Waals surface area contributed by atoms with E-state index in [1.54, 1.807) is 5.41 Å². The molecule has 6 heteroatoms. The molecule has 0 radical (unpaired) electrons. The van der Waals surface area contributed by atoms with Gasteiger partial charge in [-0.3, -0.25) is 4.79 Å². The summed E-state index contributed by atoms with van der Waals surface area (Å²) in [5.41, 5.74) is 0.419. The first-order valence-electron chi connectivity index (χ1n) is 5.32. The molecule has 2 rings (SSSR count). The summed E-state index contributed by atoms with van der Waals surface area (Å²) in [5.74, 6) is -0.186. The summed E-state index contributed by atoms with van der Waals surface area (Å²) in [6, 6.07) is 3.77. The van der Waals surface area contributed by atoms with Crippen molar-refractivity contribution in [1.29, 1.82) is 0 Å². The van der Waals surface area contributed by atoms with Gasteiger partial charge in [0.05, 0.1) is 19.1 Å². The van der Waals surface area contributed by atoms with Crippen molar-refractivity contribution in [2.45, 2.75) is 12.5 Å². The van der Waals surface area contributed by atoms with E-state index in [1.807, 2.05) is 17.5 Å². The molecular formula is C12H12O4S2. The van der Waals surface area contributed by atoms with Gasteiger partial charge in [0, 0.05) is 10.6 Å². The quantitative estimate of drug-likeness (QED) is 0.792. The van der Waals surface area contributed by atoms with Gasteiger partial charge in [-0.1, -0.05) is 6.07 Å². The summed E-state index contributed by atoms with van der Waals surface area (Å²) in [5, 5.41) is 3.60. The van der Waals surface area contributed by atoms with Crippen LogP contribution in [0.4, 0.5) is 0 Å². The van der Waals surface area contributed by atoms with Gasteiger partial charge in [0.1, 0.15) is 6.10 Å². The Morgan fingerprint density at radius 3 is 3.00 bits per heavy atom. The molecule has 1 aliphatic rings. The Morgan fingerprint density at radius 1 is 1.50 bits per heavy atom. The lowest BCUT2D eigenvalue weighted by Gasteiger charge is -2.13. The maximum Gasteiger partial charge on any atom is 0.338 e. The lowest BCUT2D eigenvalue weighted by atomic mass is 10.2. The number of hydrogen-bond acceptors (Lipinski definition) is 6. The summed E-state index contributed by atoms with van der Waals surface area (Å²) in [4.78, 5) is 24.1. The van der Waals surface area contributed by atoms with Crippen molar-refractivity contribution < 1.29 is 19.1 Å². The van der Waals surface area contributed by atoms with Crippen molar-refractivity contribution >= 4 is 35.0 Å². The summed E-state index contributed by atoms with van der Waals surface area (Å²) >= 11 is 2.95. The maximum atomic E-state index is 11.7. The number of carbonyl (C=O) groups excluding carboxylic acids is 2. The second-order valence-electron chi connectivity index (χ2n) is 3.63. The molecule has 0 aromatic carbocycles. The van der Waals surface area contributed by atoms with E-state index in [4.69, 9.17) is 4.74 Å². The van der Waals surface area contributed by atoms with Gasteiger partial charge >= 0.3 is 11.9 Å². The van der Waals surface area contributed by atoms with Gasteiger partial charge in [-0.25, -0.2) is 4.79 Å². The molecule has 2 heterocycles. The molecule has 18 heavy (non-hydrogen) atoms. The van der Waals surface area contributed by atoms with Gasteiger partial charge in [0.2, 0.25) is 0 Å². The molecule has 0 amide bonds. The van der Waals surface area contributed by atoms with E-state index in [1.165, 1.54) is 30.2 Å². The van der Waals surface area contributed by atoms with Crippen molar-refractivity contribution in [2.75, 3.05) is 12.9 Å². The van der Waals surface area contributed by atoms with Crippen LogP contribution in [0.25, 0.3) is 0 Å². The number of esters is 2. The van der Waals surface area contributed by atoms with Crippen LogP contribution in [0, 0.1) is 0 Å². The van der Waals surface area contributed by atoms with E-state index in [-0.39, 0.29) is 12.4 Å². The van der Waals surface area contributed by atoms with E-state index in [0.717, 1.165) is 4.88 Å². The summed E-state index contributed by atoms with van der Waals surface area (Å²) in [7, 11) is 1.32. The van der Waals surface area contributed by atoms with Gasteiger partial charge < -0.3 is 9.47 Å². The van der Waals surface area contributed by atoms with E-state index in [2.05, 4.69) is 4.74 Å². The van der Waals surface area contributed by atoms with Crippen molar-refractivity contribution in [3.63, 3.8) is 0 Å². The van der Waals surface area contributed by atoms with Gasteiger partial charge in [-0.15, -0.1) is 23.1 Å². The van der Waals surface area contributed by atoms with Crippen molar-refractivity contribution in [3.8, 4) is 0 Å². The van der Waals surface area contributed by atoms with Crippen molar-refractivity contribution in [2.24, 2.45) is 0 Å². The maximum absolute atomic E-state index is 11.7. The third-order valence-electron chi connectivity index (χ3n) is 2.40. The van der Waals surface area contributed by atoms with E-state index < -0.39 is 12.1 Å². The zero-order valence-electron chi connectivity index (χ0n) is 9.75. The Bertz CT molecular complexity index is 464. The van der Waals surface area contributed by atoms with E-state index >= 15 is 0 Å². The van der Waals surface area contributed by atoms with Crippen LogP contribution in [0.5, 0.6) is 0 Å². The standard InChI is InChI=1S/C12H12O4S2/c1-15-12(14)9-6-17-7-10(9)16-11(13)5-8-3-2-4-18-8/h2-4,6,10H,5,7H2,1H3. The molecule has 1 aromatic rings. The topological polar surface area (TPSA) is 52.6 Å². The van der Waals surface area contributed by atoms with Crippen LogP contribution >= 0.6 is 23.1 Å². The Kier molecular flexibility index (Phi) is 4.43. The average molecular weight is 284 g/mol. The van der Waals surface area contributed by atoms with Crippen LogP contribution in [0.2, 0.25) is 0 Å². The molecule has 0 N–H and O–H groups in total. The monoisotopic (exact) mass is 284 g/mol. The molecule has 0 bridgehead atoms. The summed E-state index contributed by atoms with van der Waals surface area (Å²) in [6.45, 7) is 0. The lowest BCUT2D eigenvalue weighted by molar-refractivity contribution is -0.147. The van der Waals surface area contributed by atoms with Crippen LogP contribution in [0.3, 0.4) is 0 Å². The normalized spacial score (nSPS) is 18.3. The number of hydrogen-bond donors (Lipinski definition) is 0. The highest BCUT2D eigenvalue weighted by Crippen LogP contribution is 2.26. The molecule has 1 aromatic heterocycles. The van der Waals surface area contributed by atoms with E-state index in [0.29, 0.717) is 11.3 Å². The minimum absolute atomic E-state index is 0.243. The third kappa shape index (κ3) is 3.14. The fourth-order valence-electron chi connectivity index (χ4n) is 1.54. The zero-order chi connectivity index (χ0) is 13.0. The second kappa shape index (κ2) is 6.06. The Labute approximate surface area is 113 Å². The molecule has 1 unspecified atom stereocenters. The molecule has 0 spiro atoms. The minimum atomic E-state index is -0.491. The van der Waals surface area contributed by atoms with E-state index in [9.17, 15) is 9.59 Å². The van der Waals surface area contributed by atoms with Crippen LogP contribution in [-0.2, 0) is 25.5 Å². The number of thioether (sulfide) groups is 1. The Morgan fingerprint density at radius 2 is 2.33 bits per heavy atom. The molecule has 4 nitrogen and oxygen atoms in total. The van der Waals surface area contributed by atoms with Crippen molar-refractivity contribution in [1.82, 2.24) is 0 Å². The predicted octanol–water partition coefficient (Wildman–Crippen LogP) is 2.01. The molecule has 1 atom stereocenters. The highest BCUT2D eigenvalue weighted by Gasteiger charge is 2.29. The third-order valence-corrected chi connectivity index (χ3v) is 4.19. The Hall–Kier alpha value is -1.27. The lowest BCUT2D eigenvalue weighted by Crippen LogP contribution is -2.25. The van der Waals surface area contributed by atoms with Gasteiger partial charge in [-0.2, -0.15) is 0 Å². The van der Waals surface area contributed by atoms with Crippen LogP contribution in [0.1, 0.15) is 4.88 Å². The summed E-state index contributed by atoms with van der Waals surface area (Å²) < 4.78 is 9.94. The first-order valence-corrected chi connectivity index (χ1v) is 7.25. The van der Waals surface area contributed by atoms with Gasteiger partial charge in [-0.05, 0) is 16.9 Å². The number of thiophene rings is 1. The summed E-state index contributed by atoms with van der Waals surface area (Å²) in [6.07, 6.45) is -0.247. The minimum Gasteiger partial charge on any atom is -0.466 e. The fraction of sp³-hybridized carbons (Fsp3) is 0.333. The molecule has 96 valence electrons. The zero-order valence-corrected chi connectivity index (χ0v) is 11.4. The number of carbonyl (C=O) groups is 2. The van der Waals surface area contributed by atoms with Crippen LogP contribution in [0.15, 0.2) is 28.5 Å². The Balaban J connectivity index is 1.91. The largest absolute Gasteiger partial charge is 0.466 e. The highest BCUT2D eigenvalue weighted by atomic mass is 32.2. The fourth-order valence-corrected chi connectivity index (χ4v) is 3.18. The second-order valence-corrected chi connectivity index (χ2v) is 5.57. The average Bonchev–Trinajstić information content (AvgIpc) is 2.99. The van der Waals surface area contributed by atoms with Crippen LogP contribution < -0.4 is 0 Å². The SMILES string of the molecule is COC(=O)C1=CSCC1OC(=O)Cc1cccs1. The first-order chi connectivity index (χ1) is 8.70. The van der Waals surface area contributed by atoms with Gasteiger partial charge in [0.25, 0.3) is 0 Å². The number of ether oxygens (including phenoxy) is 2. The predicted molar refractivity (Wildman–Crippen MR) is 70.5 cm³/mol. The first kappa shape index (κ1) is 13.2. The smallest absolute Gasteiger partial charge is 0.338 e. The molecule has 0 saturated carbocycles. The highest BCUT2D eigenvalue weighted by molar-refractivity contribution is 8.02.